The Kier molecular flexibility index (Phi) is 4.45. The van der Waals surface area contributed by atoms with E-state index < -0.39 is 17.6 Å². The molecule has 1 heterocycles. The Morgan fingerprint density at radius 1 is 0.821 bits per heavy atom. The Labute approximate surface area is 158 Å². The highest BCUT2D eigenvalue weighted by molar-refractivity contribution is 6.04. The van der Waals surface area contributed by atoms with Gasteiger partial charge in [0.1, 0.15) is 17.4 Å². The molecule has 4 aromatic rings. The summed E-state index contributed by atoms with van der Waals surface area (Å²) >= 11 is 0. The molecule has 28 heavy (non-hydrogen) atoms. The molecule has 0 saturated heterocycles. The van der Waals surface area contributed by atoms with Gasteiger partial charge in [-0.25, -0.2) is 13.6 Å². The number of halogens is 2. The second kappa shape index (κ2) is 7.08. The van der Waals surface area contributed by atoms with Crippen LogP contribution in [0.4, 0.5) is 8.78 Å². The highest BCUT2D eigenvalue weighted by Gasteiger charge is 2.17. The Bertz CT molecular complexity index is 1250. The normalized spacial score (nSPS) is 10.8. The van der Waals surface area contributed by atoms with E-state index in [-0.39, 0.29) is 16.9 Å². The number of carbonyl (C=O) groups is 1. The number of fused-ring (bicyclic) bond motifs is 1. The van der Waals surface area contributed by atoms with Crippen molar-refractivity contribution < 1.29 is 18.3 Å². The van der Waals surface area contributed by atoms with Crippen molar-refractivity contribution in [2.75, 3.05) is 0 Å². The fourth-order valence-corrected chi connectivity index (χ4v) is 2.94. The van der Waals surface area contributed by atoms with Crippen molar-refractivity contribution in [3.8, 4) is 11.4 Å². The Balaban J connectivity index is 1.87. The van der Waals surface area contributed by atoms with Gasteiger partial charge in [-0.2, -0.15) is 0 Å². The number of rotatable bonds is 3. The van der Waals surface area contributed by atoms with Gasteiger partial charge in [-0.15, -0.1) is 0 Å². The Morgan fingerprint density at radius 2 is 1.54 bits per heavy atom. The molecular formula is C22H13F2NO3. The number of hydrogen-bond donors (Lipinski definition) is 0. The lowest BCUT2D eigenvalue weighted by molar-refractivity contribution is 0.0736. The molecular weight excluding hydrogens is 364 g/mol. The van der Waals surface area contributed by atoms with Crippen molar-refractivity contribution in [3.05, 3.63) is 107 Å². The summed E-state index contributed by atoms with van der Waals surface area (Å²) in [6.45, 7) is 0. The van der Waals surface area contributed by atoms with Gasteiger partial charge in [0.25, 0.3) is 5.56 Å². The smallest absolute Gasteiger partial charge is 0.345 e. The van der Waals surface area contributed by atoms with Crippen LogP contribution < -0.4 is 10.3 Å². The first kappa shape index (κ1) is 17.6. The van der Waals surface area contributed by atoms with E-state index >= 15 is 0 Å². The van der Waals surface area contributed by atoms with Gasteiger partial charge in [0.05, 0.1) is 5.56 Å². The molecule has 6 heteroatoms. The van der Waals surface area contributed by atoms with E-state index in [4.69, 9.17) is 4.74 Å². The molecule has 1 aromatic heterocycles. The number of benzene rings is 3. The summed E-state index contributed by atoms with van der Waals surface area (Å²) in [6, 6.07) is 17.1. The van der Waals surface area contributed by atoms with E-state index in [1.165, 1.54) is 53.2 Å². The minimum Gasteiger partial charge on any atom is -0.423 e. The summed E-state index contributed by atoms with van der Waals surface area (Å²) in [5.74, 6) is -1.67. The molecule has 0 aliphatic rings. The lowest BCUT2D eigenvalue weighted by atomic mass is 10.1. The second-order valence-electron chi connectivity index (χ2n) is 6.09. The summed E-state index contributed by atoms with van der Waals surface area (Å²) in [7, 11) is 0. The quantitative estimate of drug-likeness (QED) is 0.390. The van der Waals surface area contributed by atoms with Crippen LogP contribution in [0.5, 0.6) is 5.75 Å². The van der Waals surface area contributed by atoms with Crippen LogP contribution in [0.25, 0.3) is 16.5 Å². The number of ether oxygens (including phenoxy) is 1. The molecule has 0 spiro atoms. The molecule has 0 aliphatic carbocycles. The zero-order chi connectivity index (χ0) is 19.7. The lowest BCUT2D eigenvalue weighted by Gasteiger charge is -2.12. The van der Waals surface area contributed by atoms with Crippen LogP contribution in [0.3, 0.4) is 0 Å². The van der Waals surface area contributed by atoms with E-state index in [0.29, 0.717) is 16.5 Å². The van der Waals surface area contributed by atoms with Crippen molar-refractivity contribution in [2.45, 2.75) is 0 Å². The average Bonchev–Trinajstić information content (AvgIpc) is 2.69. The molecule has 0 unspecified atom stereocenters. The third kappa shape index (κ3) is 3.27. The molecule has 0 aliphatic heterocycles. The fraction of sp³-hybridized carbons (Fsp3) is 0. The van der Waals surface area contributed by atoms with Gasteiger partial charge < -0.3 is 4.74 Å². The summed E-state index contributed by atoms with van der Waals surface area (Å²) in [5.41, 5.74) is 0.172. The largest absolute Gasteiger partial charge is 0.423 e. The molecule has 4 rings (SSSR count). The minimum absolute atomic E-state index is 0.0496. The molecule has 4 nitrogen and oxygen atoms in total. The van der Waals surface area contributed by atoms with Crippen molar-refractivity contribution in [1.82, 2.24) is 4.57 Å². The standard InChI is InChI=1S/C22H13F2NO3/c23-14-8-10-16(11-9-14)25-13-20(18-6-1-2-7-19(18)21(25)26)22(27)28-17-5-3-4-15(24)12-17/h1-13H. The number of aromatic nitrogens is 1. The maximum atomic E-state index is 13.4. The maximum Gasteiger partial charge on any atom is 0.345 e. The van der Waals surface area contributed by atoms with Crippen LogP contribution in [-0.4, -0.2) is 10.5 Å². The lowest BCUT2D eigenvalue weighted by Crippen LogP contribution is -2.22. The number of esters is 1. The van der Waals surface area contributed by atoms with Crippen molar-refractivity contribution in [1.29, 1.82) is 0 Å². The first-order valence-corrected chi connectivity index (χ1v) is 8.41. The van der Waals surface area contributed by atoms with Crippen LogP contribution in [0.2, 0.25) is 0 Å². The third-order valence-corrected chi connectivity index (χ3v) is 4.26. The van der Waals surface area contributed by atoms with E-state index in [0.717, 1.165) is 6.07 Å². The second-order valence-corrected chi connectivity index (χ2v) is 6.09. The van der Waals surface area contributed by atoms with Crippen LogP contribution in [0.15, 0.2) is 83.8 Å². The van der Waals surface area contributed by atoms with Crippen LogP contribution in [-0.2, 0) is 0 Å². The highest BCUT2D eigenvalue weighted by atomic mass is 19.1. The zero-order valence-electron chi connectivity index (χ0n) is 14.4. The molecule has 3 aromatic carbocycles. The van der Waals surface area contributed by atoms with E-state index in [9.17, 15) is 18.4 Å². The van der Waals surface area contributed by atoms with Crippen LogP contribution >= 0.6 is 0 Å². The van der Waals surface area contributed by atoms with Gasteiger partial charge >= 0.3 is 5.97 Å². The monoisotopic (exact) mass is 377 g/mol. The van der Waals surface area contributed by atoms with Gasteiger partial charge in [0.15, 0.2) is 0 Å². The van der Waals surface area contributed by atoms with E-state index in [2.05, 4.69) is 0 Å². The van der Waals surface area contributed by atoms with E-state index in [1.807, 2.05) is 0 Å². The Morgan fingerprint density at radius 3 is 2.25 bits per heavy atom. The first-order valence-electron chi connectivity index (χ1n) is 8.41. The van der Waals surface area contributed by atoms with Crippen LogP contribution in [0, 0.1) is 11.6 Å². The van der Waals surface area contributed by atoms with Crippen molar-refractivity contribution in [2.24, 2.45) is 0 Å². The van der Waals surface area contributed by atoms with Gasteiger partial charge in [0.2, 0.25) is 0 Å². The summed E-state index contributed by atoms with van der Waals surface area (Å²) < 4.78 is 33.2. The number of hydrogen-bond acceptors (Lipinski definition) is 3. The van der Waals surface area contributed by atoms with Crippen LogP contribution in [0.1, 0.15) is 10.4 Å². The Hall–Kier alpha value is -3.80. The summed E-state index contributed by atoms with van der Waals surface area (Å²) in [4.78, 5) is 25.6. The molecule has 138 valence electrons. The van der Waals surface area contributed by atoms with Gasteiger partial charge in [0, 0.05) is 28.7 Å². The van der Waals surface area contributed by atoms with Gasteiger partial charge in [-0.1, -0.05) is 24.3 Å². The summed E-state index contributed by atoms with van der Waals surface area (Å²) in [6.07, 6.45) is 1.35. The highest BCUT2D eigenvalue weighted by Crippen LogP contribution is 2.21. The van der Waals surface area contributed by atoms with Gasteiger partial charge in [-0.3, -0.25) is 9.36 Å². The van der Waals surface area contributed by atoms with Gasteiger partial charge in [-0.05, 0) is 42.5 Å². The minimum atomic E-state index is -0.738. The van der Waals surface area contributed by atoms with Crippen molar-refractivity contribution in [3.63, 3.8) is 0 Å². The third-order valence-electron chi connectivity index (χ3n) is 4.26. The molecule has 0 bridgehead atoms. The zero-order valence-corrected chi connectivity index (χ0v) is 14.4. The maximum absolute atomic E-state index is 13.4. The SMILES string of the molecule is O=C(Oc1cccc(F)c1)c1cn(-c2ccc(F)cc2)c(=O)c2ccccc12. The molecule has 0 amide bonds. The number of carbonyl (C=O) groups excluding carboxylic acids is 1. The molecule has 0 saturated carbocycles. The number of pyridine rings is 1. The molecule has 0 N–H and O–H groups in total. The summed E-state index contributed by atoms with van der Waals surface area (Å²) in [5, 5.41) is 0.716. The average molecular weight is 377 g/mol. The molecule has 0 atom stereocenters. The van der Waals surface area contributed by atoms with E-state index in [1.54, 1.807) is 24.3 Å². The predicted octanol–water partition coefficient (Wildman–Crippen LogP) is 4.49. The fourth-order valence-electron chi connectivity index (χ4n) is 2.94. The molecule has 0 fully saturated rings. The first-order chi connectivity index (χ1) is 13.5. The molecule has 0 radical (unpaired) electrons. The number of nitrogens with zero attached hydrogens (tertiary/aromatic N) is 1. The predicted molar refractivity (Wildman–Crippen MR) is 101 cm³/mol. The topological polar surface area (TPSA) is 48.3 Å². The van der Waals surface area contributed by atoms with Crippen molar-refractivity contribution >= 4 is 16.7 Å².